The Bertz CT molecular complexity index is 1060. The maximum atomic E-state index is 12.9. The van der Waals surface area contributed by atoms with Gasteiger partial charge in [-0.05, 0) is 37.1 Å². The molecular weight excluding hydrogens is 412 g/mol. The number of aromatic amines is 1. The van der Waals surface area contributed by atoms with E-state index in [0.717, 1.165) is 30.4 Å². The zero-order valence-corrected chi connectivity index (χ0v) is 17.9. The first-order chi connectivity index (χ1) is 13.8. The summed E-state index contributed by atoms with van der Waals surface area (Å²) >= 11 is 1.55. The summed E-state index contributed by atoms with van der Waals surface area (Å²) in [6.07, 6.45) is 4.45. The fraction of sp³-hybridized carbons (Fsp3) is 0.526. The number of hydrogen-bond acceptors (Lipinski definition) is 6. The number of thiophene rings is 1. The molecule has 1 saturated heterocycles. The molecule has 2 aliphatic rings. The Morgan fingerprint density at radius 1 is 1.34 bits per heavy atom. The molecular formula is C19H24N4O4S2. The van der Waals surface area contributed by atoms with E-state index in [2.05, 4.69) is 9.97 Å². The SMILES string of the molecule is CS(=O)(=O)N1CCc2c(nc([C@H]3CCCCN3C(=O)Cc3cccs3)[nH]c2=O)C1. The summed E-state index contributed by atoms with van der Waals surface area (Å²) in [5.74, 6) is 0.485. The van der Waals surface area contributed by atoms with Crippen LogP contribution in [0.25, 0.3) is 0 Å². The number of carbonyl (C=O) groups is 1. The average molecular weight is 437 g/mol. The average Bonchev–Trinajstić information content (AvgIpc) is 3.20. The molecule has 0 bridgehead atoms. The van der Waals surface area contributed by atoms with Crippen molar-refractivity contribution in [2.45, 2.75) is 44.7 Å². The fourth-order valence-corrected chi connectivity index (χ4v) is 5.53. The zero-order chi connectivity index (χ0) is 20.6. The van der Waals surface area contributed by atoms with Crippen LogP contribution in [0.4, 0.5) is 0 Å². The highest BCUT2D eigenvalue weighted by atomic mass is 32.2. The van der Waals surface area contributed by atoms with Gasteiger partial charge in [-0.1, -0.05) is 6.07 Å². The molecule has 0 spiro atoms. The Morgan fingerprint density at radius 3 is 2.90 bits per heavy atom. The van der Waals surface area contributed by atoms with Crippen molar-refractivity contribution in [2.75, 3.05) is 19.3 Å². The molecule has 0 aromatic carbocycles. The highest BCUT2D eigenvalue weighted by Crippen LogP contribution is 2.30. The standard InChI is InChI=1S/C19H24N4O4S2/c1-29(26,27)22-9-7-14-15(12-22)20-18(21-19(14)25)16-6-2-3-8-23(16)17(24)11-13-5-4-10-28-13/h4-5,10,16H,2-3,6-9,11-12H2,1H3,(H,20,21,25)/t16-/m1/s1. The van der Waals surface area contributed by atoms with Gasteiger partial charge in [0.25, 0.3) is 5.56 Å². The minimum absolute atomic E-state index is 0.0234. The summed E-state index contributed by atoms with van der Waals surface area (Å²) in [6, 6.07) is 3.58. The number of nitrogens with zero attached hydrogens (tertiary/aromatic N) is 3. The van der Waals surface area contributed by atoms with Crippen molar-refractivity contribution in [3.05, 3.63) is 49.8 Å². The smallest absolute Gasteiger partial charge is 0.254 e. The molecule has 8 nitrogen and oxygen atoms in total. The van der Waals surface area contributed by atoms with Crippen LogP contribution in [-0.4, -0.2) is 52.8 Å². The highest BCUT2D eigenvalue weighted by Gasteiger charge is 2.32. The third-order valence-electron chi connectivity index (χ3n) is 5.57. The topological polar surface area (TPSA) is 103 Å². The van der Waals surface area contributed by atoms with Crippen molar-refractivity contribution < 1.29 is 13.2 Å². The molecule has 1 N–H and O–H groups in total. The lowest BCUT2D eigenvalue weighted by Gasteiger charge is -2.35. The van der Waals surface area contributed by atoms with Crippen LogP contribution in [0, 0.1) is 0 Å². The lowest BCUT2D eigenvalue weighted by molar-refractivity contribution is -0.134. The molecule has 2 aromatic rings. The Hall–Kier alpha value is -2.04. The Balaban J connectivity index is 1.63. The van der Waals surface area contributed by atoms with E-state index in [9.17, 15) is 18.0 Å². The third kappa shape index (κ3) is 4.29. The van der Waals surface area contributed by atoms with Gasteiger partial charge in [0.15, 0.2) is 0 Å². The van der Waals surface area contributed by atoms with Gasteiger partial charge in [-0.2, -0.15) is 4.31 Å². The molecule has 29 heavy (non-hydrogen) atoms. The van der Waals surface area contributed by atoms with E-state index >= 15 is 0 Å². The van der Waals surface area contributed by atoms with Crippen LogP contribution >= 0.6 is 11.3 Å². The molecule has 1 fully saturated rings. The van der Waals surface area contributed by atoms with Gasteiger partial charge in [0.2, 0.25) is 15.9 Å². The second-order valence-corrected chi connectivity index (χ2v) is 10.6. The molecule has 0 unspecified atom stereocenters. The molecule has 1 atom stereocenters. The molecule has 0 aliphatic carbocycles. The molecule has 10 heteroatoms. The van der Waals surface area contributed by atoms with E-state index in [1.54, 1.807) is 11.3 Å². The monoisotopic (exact) mass is 436 g/mol. The highest BCUT2D eigenvalue weighted by molar-refractivity contribution is 7.88. The van der Waals surface area contributed by atoms with Crippen LogP contribution in [0.15, 0.2) is 22.3 Å². The van der Waals surface area contributed by atoms with Gasteiger partial charge in [-0.3, -0.25) is 9.59 Å². The first-order valence-electron chi connectivity index (χ1n) is 9.72. The number of nitrogens with one attached hydrogen (secondary N) is 1. The number of rotatable bonds is 4. The van der Waals surface area contributed by atoms with Gasteiger partial charge in [-0.25, -0.2) is 13.4 Å². The van der Waals surface area contributed by atoms with Crippen molar-refractivity contribution in [2.24, 2.45) is 0 Å². The molecule has 156 valence electrons. The first kappa shape index (κ1) is 20.2. The number of sulfonamides is 1. The summed E-state index contributed by atoms with van der Waals surface area (Å²) in [6.45, 7) is 1.01. The number of hydrogen-bond donors (Lipinski definition) is 1. The van der Waals surface area contributed by atoms with Gasteiger partial charge >= 0.3 is 0 Å². The molecule has 2 aromatic heterocycles. The lowest BCUT2D eigenvalue weighted by atomic mass is 10.00. The van der Waals surface area contributed by atoms with E-state index in [4.69, 9.17) is 0 Å². The second-order valence-electron chi connectivity index (χ2n) is 7.58. The first-order valence-corrected chi connectivity index (χ1v) is 12.4. The Labute approximate surface area is 173 Å². The molecule has 4 rings (SSSR count). The van der Waals surface area contributed by atoms with Gasteiger partial charge in [0.05, 0.1) is 31.0 Å². The van der Waals surface area contributed by atoms with Gasteiger partial charge in [-0.15, -0.1) is 11.3 Å². The minimum atomic E-state index is -3.35. The number of carbonyl (C=O) groups excluding carboxylic acids is 1. The second kappa shape index (κ2) is 8.00. The molecule has 1 amide bonds. The number of amides is 1. The fourth-order valence-electron chi connectivity index (χ4n) is 4.05. The van der Waals surface area contributed by atoms with E-state index in [0.29, 0.717) is 36.5 Å². The predicted octanol–water partition coefficient (Wildman–Crippen LogP) is 1.45. The zero-order valence-electron chi connectivity index (χ0n) is 16.3. The predicted molar refractivity (Wildman–Crippen MR) is 110 cm³/mol. The number of H-pyrrole nitrogens is 1. The van der Waals surface area contributed by atoms with Gasteiger partial charge in [0, 0.05) is 23.5 Å². The van der Waals surface area contributed by atoms with Crippen molar-refractivity contribution in [1.29, 1.82) is 0 Å². The Morgan fingerprint density at radius 2 is 2.17 bits per heavy atom. The number of fused-ring (bicyclic) bond motifs is 1. The quantitative estimate of drug-likeness (QED) is 0.781. The number of piperidine rings is 1. The van der Waals surface area contributed by atoms with E-state index in [-0.39, 0.29) is 30.6 Å². The number of likely N-dealkylation sites (tertiary alicyclic amines) is 1. The molecule has 0 saturated carbocycles. The van der Waals surface area contributed by atoms with E-state index in [1.807, 2.05) is 22.4 Å². The van der Waals surface area contributed by atoms with Crippen LogP contribution in [-0.2, 0) is 34.2 Å². The van der Waals surface area contributed by atoms with Crippen molar-refractivity contribution >= 4 is 27.3 Å². The largest absolute Gasteiger partial charge is 0.332 e. The van der Waals surface area contributed by atoms with Crippen molar-refractivity contribution in [3.63, 3.8) is 0 Å². The Kier molecular flexibility index (Phi) is 5.58. The van der Waals surface area contributed by atoms with E-state index in [1.165, 1.54) is 4.31 Å². The maximum absolute atomic E-state index is 12.9. The van der Waals surface area contributed by atoms with Gasteiger partial charge < -0.3 is 9.88 Å². The summed E-state index contributed by atoms with van der Waals surface area (Å²) in [4.78, 5) is 35.9. The van der Waals surface area contributed by atoms with Gasteiger partial charge in [0.1, 0.15) is 5.82 Å². The molecule has 4 heterocycles. The summed E-state index contributed by atoms with van der Waals surface area (Å²) < 4.78 is 25.2. The minimum Gasteiger partial charge on any atom is -0.332 e. The summed E-state index contributed by atoms with van der Waals surface area (Å²) in [7, 11) is -3.35. The summed E-state index contributed by atoms with van der Waals surface area (Å²) in [5, 5.41) is 1.95. The van der Waals surface area contributed by atoms with Crippen LogP contribution < -0.4 is 5.56 Å². The van der Waals surface area contributed by atoms with E-state index < -0.39 is 10.0 Å². The van der Waals surface area contributed by atoms with Crippen LogP contribution in [0.5, 0.6) is 0 Å². The van der Waals surface area contributed by atoms with Crippen LogP contribution in [0.3, 0.4) is 0 Å². The maximum Gasteiger partial charge on any atom is 0.254 e. The van der Waals surface area contributed by atoms with Crippen LogP contribution in [0.1, 0.15) is 47.3 Å². The van der Waals surface area contributed by atoms with Crippen LogP contribution in [0.2, 0.25) is 0 Å². The van der Waals surface area contributed by atoms with Crippen molar-refractivity contribution in [1.82, 2.24) is 19.2 Å². The third-order valence-corrected chi connectivity index (χ3v) is 7.70. The number of aromatic nitrogens is 2. The lowest BCUT2D eigenvalue weighted by Crippen LogP contribution is -2.42. The molecule has 2 aliphatic heterocycles. The van der Waals surface area contributed by atoms with Crippen molar-refractivity contribution in [3.8, 4) is 0 Å². The molecule has 0 radical (unpaired) electrons. The summed E-state index contributed by atoms with van der Waals surface area (Å²) in [5.41, 5.74) is 0.812. The normalized spacial score (nSPS) is 20.4.